The topological polar surface area (TPSA) is 90.1 Å². The standard InChI is InChI=1S/C12H18N2O4S/c1-7(2)10(8(3)15)12-13-11(14-18-12)9-4-5-19(16,17)6-9/h7,9-10H,4-6H2,1-3H3. The summed E-state index contributed by atoms with van der Waals surface area (Å²) in [5.41, 5.74) is 0. The highest BCUT2D eigenvalue weighted by atomic mass is 32.2. The van der Waals surface area contributed by atoms with Crippen molar-refractivity contribution in [3.63, 3.8) is 0 Å². The maximum Gasteiger partial charge on any atom is 0.237 e. The molecule has 6 nitrogen and oxygen atoms in total. The summed E-state index contributed by atoms with van der Waals surface area (Å²) >= 11 is 0. The van der Waals surface area contributed by atoms with Crippen molar-refractivity contribution in [2.75, 3.05) is 11.5 Å². The highest BCUT2D eigenvalue weighted by Crippen LogP contribution is 2.29. The van der Waals surface area contributed by atoms with Crippen LogP contribution in [0.5, 0.6) is 0 Å². The summed E-state index contributed by atoms with van der Waals surface area (Å²) in [6.07, 6.45) is 0.522. The summed E-state index contributed by atoms with van der Waals surface area (Å²) < 4.78 is 28.0. The first-order chi connectivity index (χ1) is 8.80. The fourth-order valence-corrected chi connectivity index (χ4v) is 4.21. The molecule has 2 atom stereocenters. The van der Waals surface area contributed by atoms with Gasteiger partial charge in [0.25, 0.3) is 0 Å². The minimum absolute atomic E-state index is 0.0238. The maximum absolute atomic E-state index is 11.6. The highest BCUT2D eigenvalue weighted by Gasteiger charge is 2.34. The van der Waals surface area contributed by atoms with Crippen LogP contribution in [0.1, 0.15) is 50.7 Å². The molecule has 2 unspecified atom stereocenters. The molecule has 0 aromatic carbocycles. The van der Waals surface area contributed by atoms with E-state index >= 15 is 0 Å². The highest BCUT2D eigenvalue weighted by molar-refractivity contribution is 7.91. The molecule has 19 heavy (non-hydrogen) atoms. The van der Waals surface area contributed by atoms with E-state index in [2.05, 4.69) is 10.1 Å². The monoisotopic (exact) mass is 286 g/mol. The Morgan fingerprint density at radius 1 is 1.42 bits per heavy atom. The lowest BCUT2D eigenvalue weighted by Crippen LogP contribution is -2.16. The Labute approximate surface area is 112 Å². The third-order valence-electron chi connectivity index (χ3n) is 3.43. The first-order valence-electron chi connectivity index (χ1n) is 6.34. The van der Waals surface area contributed by atoms with E-state index in [-0.39, 0.29) is 29.1 Å². The van der Waals surface area contributed by atoms with Gasteiger partial charge in [-0.05, 0) is 19.3 Å². The van der Waals surface area contributed by atoms with Crippen LogP contribution in [0.2, 0.25) is 0 Å². The van der Waals surface area contributed by atoms with E-state index in [0.717, 1.165) is 0 Å². The fraction of sp³-hybridized carbons (Fsp3) is 0.750. The lowest BCUT2D eigenvalue weighted by Gasteiger charge is -2.12. The molecule has 1 aliphatic rings. The zero-order valence-corrected chi connectivity index (χ0v) is 12.1. The van der Waals surface area contributed by atoms with E-state index in [1.807, 2.05) is 13.8 Å². The third-order valence-corrected chi connectivity index (χ3v) is 5.19. The molecule has 0 saturated carbocycles. The molecular formula is C12H18N2O4S. The summed E-state index contributed by atoms with van der Waals surface area (Å²) in [4.78, 5) is 15.8. The predicted molar refractivity (Wildman–Crippen MR) is 68.6 cm³/mol. The SMILES string of the molecule is CC(=O)C(c1nc(C2CCS(=O)(=O)C2)no1)C(C)C. The number of rotatable bonds is 4. The average Bonchev–Trinajstić information content (AvgIpc) is 2.84. The second-order valence-electron chi connectivity index (χ2n) is 5.42. The Kier molecular flexibility index (Phi) is 3.75. The number of nitrogens with zero attached hydrogens (tertiary/aromatic N) is 2. The van der Waals surface area contributed by atoms with Gasteiger partial charge in [-0.3, -0.25) is 4.79 Å². The van der Waals surface area contributed by atoms with Crippen molar-refractivity contribution in [2.24, 2.45) is 5.92 Å². The van der Waals surface area contributed by atoms with Gasteiger partial charge in [0, 0.05) is 5.92 Å². The second kappa shape index (κ2) is 5.03. The van der Waals surface area contributed by atoms with Gasteiger partial charge in [0.2, 0.25) is 5.89 Å². The fourth-order valence-electron chi connectivity index (χ4n) is 2.47. The molecule has 106 valence electrons. The minimum atomic E-state index is -2.98. The van der Waals surface area contributed by atoms with Crippen LogP contribution in [-0.4, -0.2) is 35.8 Å². The Morgan fingerprint density at radius 2 is 2.11 bits per heavy atom. The van der Waals surface area contributed by atoms with Crippen molar-refractivity contribution in [3.8, 4) is 0 Å². The van der Waals surface area contributed by atoms with Crippen molar-refractivity contribution in [1.29, 1.82) is 0 Å². The van der Waals surface area contributed by atoms with Crippen LogP contribution in [0, 0.1) is 5.92 Å². The molecule has 2 rings (SSSR count). The van der Waals surface area contributed by atoms with Crippen molar-refractivity contribution >= 4 is 15.6 Å². The third kappa shape index (κ3) is 3.02. The number of carbonyl (C=O) groups excluding carboxylic acids is 1. The zero-order valence-electron chi connectivity index (χ0n) is 11.3. The van der Waals surface area contributed by atoms with Gasteiger partial charge in [0.1, 0.15) is 5.78 Å². The molecule has 1 aliphatic heterocycles. The van der Waals surface area contributed by atoms with E-state index < -0.39 is 15.8 Å². The molecule has 1 fully saturated rings. The number of hydrogen-bond donors (Lipinski definition) is 0. The van der Waals surface area contributed by atoms with E-state index in [4.69, 9.17) is 4.52 Å². The molecule has 1 aromatic rings. The molecule has 0 bridgehead atoms. The van der Waals surface area contributed by atoms with Gasteiger partial charge < -0.3 is 4.52 Å². The van der Waals surface area contributed by atoms with Gasteiger partial charge in [-0.25, -0.2) is 8.42 Å². The quantitative estimate of drug-likeness (QED) is 0.828. The zero-order chi connectivity index (χ0) is 14.2. The molecule has 1 saturated heterocycles. The lowest BCUT2D eigenvalue weighted by molar-refractivity contribution is -0.119. The summed E-state index contributed by atoms with van der Waals surface area (Å²) in [5, 5.41) is 3.85. The summed E-state index contributed by atoms with van der Waals surface area (Å²) in [6, 6.07) is 0. The molecule has 0 spiro atoms. The molecule has 7 heteroatoms. The normalized spacial score (nSPS) is 23.7. The van der Waals surface area contributed by atoms with Crippen molar-refractivity contribution in [1.82, 2.24) is 10.1 Å². The van der Waals surface area contributed by atoms with Crippen LogP contribution in [0.15, 0.2) is 4.52 Å². The Bertz CT molecular complexity index is 576. The van der Waals surface area contributed by atoms with Crippen molar-refractivity contribution < 1.29 is 17.7 Å². The van der Waals surface area contributed by atoms with Gasteiger partial charge in [-0.15, -0.1) is 0 Å². The smallest absolute Gasteiger partial charge is 0.237 e. The van der Waals surface area contributed by atoms with Gasteiger partial charge in [0.05, 0.1) is 17.4 Å². The maximum atomic E-state index is 11.6. The van der Waals surface area contributed by atoms with Crippen LogP contribution in [0.4, 0.5) is 0 Å². The molecule has 2 heterocycles. The van der Waals surface area contributed by atoms with E-state index in [9.17, 15) is 13.2 Å². The Hall–Kier alpha value is -1.24. The van der Waals surface area contributed by atoms with Crippen LogP contribution in [0.25, 0.3) is 0 Å². The minimum Gasteiger partial charge on any atom is -0.339 e. The van der Waals surface area contributed by atoms with Crippen LogP contribution >= 0.6 is 0 Å². The molecule has 0 radical (unpaired) electrons. The van der Waals surface area contributed by atoms with E-state index in [1.165, 1.54) is 6.92 Å². The van der Waals surface area contributed by atoms with Crippen LogP contribution in [0.3, 0.4) is 0 Å². The molecule has 0 amide bonds. The molecular weight excluding hydrogens is 268 g/mol. The van der Waals surface area contributed by atoms with Gasteiger partial charge in [0.15, 0.2) is 15.7 Å². The lowest BCUT2D eigenvalue weighted by atomic mass is 9.92. The van der Waals surface area contributed by atoms with E-state index in [0.29, 0.717) is 18.1 Å². The summed E-state index contributed by atoms with van der Waals surface area (Å²) in [5.74, 6) is 0.355. The van der Waals surface area contributed by atoms with Gasteiger partial charge in [-0.1, -0.05) is 19.0 Å². The number of carbonyl (C=O) groups is 1. The molecule has 0 N–H and O–H groups in total. The first-order valence-corrected chi connectivity index (χ1v) is 8.16. The van der Waals surface area contributed by atoms with Crippen LogP contribution < -0.4 is 0 Å². The largest absolute Gasteiger partial charge is 0.339 e. The van der Waals surface area contributed by atoms with E-state index in [1.54, 1.807) is 0 Å². The number of ketones is 1. The number of sulfone groups is 1. The number of Topliss-reactive ketones (excluding diaryl/α,β-unsaturated/α-hetero) is 1. The predicted octanol–water partition coefficient (Wildman–Crippen LogP) is 1.30. The average molecular weight is 286 g/mol. The van der Waals surface area contributed by atoms with Crippen molar-refractivity contribution in [2.45, 2.75) is 39.0 Å². The van der Waals surface area contributed by atoms with Gasteiger partial charge in [-0.2, -0.15) is 4.98 Å². The van der Waals surface area contributed by atoms with Gasteiger partial charge >= 0.3 is 0 Å². The second-order valence-corrected chi connectivity index (χ2v) is 7.65. The van der Waals surface area contributed by atoms with Crippen molar-refractivity contribution in [3.05, 3.63) is 11.7 Å². The van der Waals surface area contributed by atoms with Crippen LogP contribution in [-0.2, 0) is 14.6 Å². The Balaban J connectivity index is 2.22. The number of aromatic nitrogens is 2. The first kappa shape index (κ1) is 14.2. The molecule has 0 aliphatic carbocycles. The Morgan fingerprint density at radius 3 is 2.58 bits per heavy atom. The number of hydrogen-bond acceptors (Lipinski definition) is 6. The summed E-state index contributed by atoms with van der Waals surface area (Å²) in [6.45, 7) is 5.32. The summed E-state index contributed by atoms with van der Waals surface area (Å²) in [7, 11) is -2.98. The molecule has 1 aromatic heterocycles.